The zero-order chi connectivity index (χ0) is 19.7. The zero-order valence-electron chi connectivity index (χ0n) is 14.6. The predicted molar refractivity (Wildman–Crippen MR) is 103 cm³/mol. The number of anilines is 1. The third-order valence-electron chi connectivity index (χ3n) is 4.05. The van der Waals surface area contributed by atoms with E-state index in [9.17, 15) is 4.57 Å². The molecule has 0 saturated carbocycles. The number of rotatable bonds is 7. The van der Waals surface area contributed by atoms with Crippen molar-refractivity contribution in [2.24, 2.45) is 0 Å². The Labute approximate surface area is 164 Å². The fraction of sp³-hybridized carbons (Fsp3) is 0.312. The molecule has 0 aliphatic carbocycles. The van der Waals surface area contributed by atoms with Crippen LogP contribution in [-0.2, 0) is 22.3 Å². The van der Waals surface area contributed by atoms with E-state index < -0.39 is 13.9 Å². The molecule has 28 heavy (non-hydrogen) atoms. The molecule has 1 atom stereocenters. The van der Waals surface area contributed by atoms with Crippen LogP contribution in [0.4, 0.5) is 5.95 Å². The lowest BCUT2D eigenvalue weighted by Crippen LogP contribution is -2.10. The fourth-order valence-electron chi connectivity index (χ4n) is 2.87. The third kappa shape index (κ3) is 4.29. The van der Waals surface area contributed by atoms with Crippen molar-refractivity contribution in [3.8, 4) is 5.75 Å². The lowest BCUT2D eigenvalue weighted by Gasteiger charge is -2.11. The predicted octanol–water partition coefficient (Wildman–Crippen LogP) is 1.61. The summed E-state index contributed by atoms with van der Waals surface area (Å²) in [5.74, 6) is 0.981. The van der Waals surface area contributed by atoms with Gasteiger partial charge in [-0.2, -0.15) is 4.98 Å². The summed E-state index contributed by atoms with van der Waals surface area (Å²) in [5.41, 5.74) is 8.01. The number of thioether (sulfide) groups is 1. The molecule has 1 aliphatic rings. The van der Waals surface area contributed by atoms with Crippen molar-refractivity contribution >= 4 is 36.5 Å². The summed E-state index contributed by atoms with van der Waals surface area (Å²) in [6.45, 7) is 0.423. The Morgan fingerprint density at radius 1 is 1.36 bits per heavy atom. The number of para-hydroxylation sites is 1. The van der Waals surface area contributed by atoms with Crippen LogP contribution in [0.1, 0.15) is 5.56 Å². The number of nitrogens with two attached hydrogens (primary N) is 1. The number of ether oxygens (including phenoxy) is 2. The second kappa shape index (κ2) is 7.69. The van der Waals surface area contributed by atoms with Crippen molar-refractivity contribution in [2.75, 3.05) is 18.7 Å². The van der Waals surface area contributed by atoms with Crippen molar-refractivity contribution in [1.82, 2.24) is 19.5 Å². The van der Waals surface area contributed by atoms with Crippen LogP contribution >= 0.6 is 19.4 Å². The van der Waals surface area contributed by atoms with Crippen LogP contribution in [-0.4, -0.2) is 47.7 Å². The molecule has 148 valence electrons. The SMILES string of the molecule is Nc1nc(SC2Cc3ccccc3O2)c2ncn(CCOCP(=O)(O)O)c2n1. The molecule has 1 aliphatic heterocycles. The normalized spacial score (nSPS) is 16.3. The molecule has 2 aromatic heterocycles. The number of hydrogen-bond donors (Lipinski definition) is 3. The van der Waals surface area contributed by atoms with Gasteiger partial charge in [0.05, 0.1) is 12.9 Å². The summed E-state index contributed by atoms with van der Waals surface area (Å²) >= 11 is 1.43. The standard InChI is InChI=1S/C16H18N5O5PS/c17-16-19-14-13(18-8-21(14)5-6-25-9-27(22,23)24)15(20-16)28-12-7-10-3-1-2-4-11(10)26-12/h1-4,8,12H,5-7,9H2,(H2,17,19,20)(H2,22,23,24). The lowest BCUT2D eigenvalue weighted by molar-refractivity contribution is 0.149. The summed E-state index contributed by atoms with van der Waals surface area (Å²) in [6.07, 6.45) is 1.70. The van der Waals surface area contributed by atoms with E-state index in [1.165, 1.54) is 11.8 Å². The van der Waals surface area contributed by atoms with Gasteiger partial charge >= 0.3 is 7.60 Å². The first kappa shape index (κ1) is 19.2. The van der Waals surface area contributed by atoms with Crippen LogP contribution < -0.4 is 10.5 Å². The maximum Gasteiger partial charge on any atom is 0.350 e. The minimum atomic E-state index is -4.19. The molecule has 0 radical (unpaired) electrons. The van der Waals surface area contributed by atoms with Crippen LogP contribution in [0.25, 0.3) is 11.2 Å². The lowest BCUT2D eigenvalue weighted by atomic mass is 10.2. The molecule has 3 heterocycles. The van der Waals surface area contributed by atoms with Gasteiger partial charge in [0.15, 0.2) is 11.1 Å². The Morgan fingerprint density at radius 2 is 2.18 bits per heavy atom. The average Bonchev–Trinajstić information content (AvgIpc) is 3.21. The van der Waals surface area contributed by atoms with E-state index in [0.717, 1.165) is 17.7 Å². The number of aromatic nitrogens is 4. The molecule has 1 aromatic carbocycles. The summed E-state index contributed by atoms with van der Waals surface area (Å²) in [7, 11) is -4.19. The molecule has 4 N–H and O–H groups in total. The Hall–Kier alpha value is -2.17. The van der Waals surface area contributed by atoms with Gasteiger partial charge in [-0.3, -0.25) is 4.57 Å². The number of hydrogen-bond acceptors (Lipinski definition) is 8. The summed E-state index contributed by atoms with van der Waals surface area (Å²) < 4.78 is 23.5. The number of fused-ring (bicyclic) bond motifs is 2. The second-order valence-corrected chi connectivity index (χ2v) is 8.91. The summed E-state index contributed by atoms with van der Waals surface area (Å²) in [5, 5.41) is 0.621. The molecule has 0 fully saturated rings. The first-order valence-corrected chi connectivity index (χ1v) is 11.1. The monoisotopic (exact) mass is 423 g/mol. The maximum absolute atomic E-state index is 10.8. The highest BCUT2D eigenvalue weighted by molar-refractivity contribution is 7.99. The topological polar surface area (TPSA) is 146 Å². The van der Waals surface area contributed by atoms with Gasteiger partial charge < -0.3 is 29.6 Å². The van der Waals surface area contributed by atoms with Crippen LogP contribution in [0.15, 0.2) is 35.6 Å². The first-order chi connectivity index (χ1) is 13.4. The molecule has 0 bridgehead atoms. The van der Waals surface area contributed by atoms with Crippen LogP contribution in [0.3, 0.4) is 0 Å². The van der Waals surface area contributed by atoms with Crippen molar-refractivity contribution in [3.63, 3.8) is 0 Å². The highest BCUT2D eigenvalue weighted by atomic mass is 32.2. The van der Waals surface area contributed by atoms with Crippen molar-refractivity contribution in [1.29, 1.82) is 0 Å². The Bertz CT molecular complexity index is 1030. The molecule has 1 unspecified atom stereocenters. The van der Waals surface area contributed by atoms with Gasteiger partial charge in [0, 0.05) is 13.0 Å². The summed E-state index contributed by atoms with van der Waals surface area (Å²) in [6, 6.07) is 7.88. The Kier molecular flexibility index (Phi) is 5.26. The maximum atomic E-state index is 10.8. The van der Waals surface area contributed by atoms with Gasteiger partial charge in [-0.25, -0.2) is 9.97 Å². The average molecular weight is 423 g/mol. The molecule has 3 aromatic rings. The quantitative estimate of drug-likeness (QED) is 0.291. The van der Waals surface area contributed by atoms with Crippen molar-refractivity contribution < 1.29 is 23.8 Å². The van der Waals surface area contributed by atoms with E-state index in [0.29, 0.717) is 22.7 Å². The van der Waals surface area contributed by atoms with Crippen LogP contribution in [0.5, 0.6) is 5.75 Å². The van der Waals surface area contributed by atoms with Gasteiger partial charge in [0.1, 0.15) is 22.6 Å². The summed E-state index contributed by atoms with van der Waals surface area (Å²) in [4.78, 5) is 30.6. The van der Waals surface area contributed by atoms with Crippen LogP contribution in [0, 0.1) is 0 Å². The fourth-order valence-corrected chi connectivity index (χ4v) is 4.30. The number of nitrogens with zero attached hydrogens (tertiary/aromatic N) is 4. The van der Waals surface area contributed by atoms with E-state index in [-0.39, 0.29) is 18.0 Å². The molecule has 0 amide bonds. The number of benzene rings is 1. The molecular weight excluding hydrogens is 405 g/mol. The smallest absolute Gasteiger partial charge is 0.350 e. The van der Waals surface area contributed by atoms with E-state index in [1.54, 1.807) is 10.9 Å². The Morgan fingerprint density at radius 3 is 2.96 bits per heavy atom. The van der Waals surface area contributed by atoms with E-state index >= 15 is 0 Å². The van der Waals surface area contributed by atoms with Gasteiger partial charge in [-0.05, 0) is 11.6 Å². The van der Waals surface area contributed by atoms with Crippen LogP contribution in [0.2, 0.25) is 0 Å². The second-order valence-electron chi connectivity index (χ2n) is 6.18. The van der Waals surface area contributed by atoms with E-state index in [2.05, 4.69) is 15.0 Å². The van der Waals surface area contributed by atoms with Gasteiger partial charge in [0.2, 0.25) is 5.95 Å². The molecule has 4 rings (SSSR count). The van der Waals surface area contributed by atoms with Gasteiger partial charge in [0.25, 0.3) is 0 Å². The molecule has 0 spiro atoms. The highest BCUT2D eigenvalue weighted by Crippen LogP contribution is 2.37. The first-order valence-electron chi connectivity index (χ1n) is 8.41. The number of imidazole rings is 1. The Balaban J connectivity index is 1.49. The molecule has 0 saturated heterocycles. The molecule has 12 heteroatoms. The van der Waals surface area contributed by atoms with Crippen molar-refractivity contribution in [3.05, 3.63) is 36.2 Å². The minimum absolute atomic E-state index is 0.101. The third-order valence-corrected chi connectivity index (χ3v) is 5.60. The zero-order valence-corrected chi connectivity index (χ0v) is 16.3. The molecular formula is C16H18N5O5PS. The van der Waals surface area contributed by atoms with E-state index in [1.807, 2.05) is 24.3 Å². The van der Waals surface area contributed by atoms with Crippen molar-refractivity contribution in [2.45, 2.75) is 23.4 Å². The van der Waals surface area contributed by atoms with Gasteiger partial charge in [-0.1, -0.05) is 30.0 Å². The highest BCUT2D eigenvalue weighted by Gasteiger charge is 2.26. The van der Waals surface area contributed by atoms with Gasteiger partial charge in [-0.15, -0.1) is 0 Å². The minimum Gasteiger partial charge on any atom is -0.479 e. The van der Waals surface area contributed by atoms with E-state index in [4.69, 9.17) is 25.0 Å². The number of nitrogen functional groups attached to an aromatic ring is 1. The molecule has 10 nitrogen and oxygen atoms in total. The largest absolute Gasteiger partial charge is 0.479 e.